The number of alkyl halides is 3. The average molecular weight is 497 g/mol. The van der Waals surface area contributed by atoms with Gasteiger partial charge in [-0.2, -0.15) is 13.2 Å². The molecule has 1 saturated heterocycles. The molecule has 1 atom stereocenters. The van der Waals surface area contributed by atoms with Crippen molar-refractivity contribution < 1.29 is 37.3 Å². The van der Waals surface area contributed by atoms with Gasteiger partial charge in [0.1, 0.15) is 17.3 Å². The maximum atomic E-state index is 13.2. The van der Waals surface area contributed by atoms with Crippen molar-refractivity contribution in [2.24, 2.45) is 0 Å². The number of aliphatic hydroxyl groups excluding tert-OH is 1. The molecule has 3 aromatic rings. The Labute approximate surface area is 205 Å². The van der Waals surface area contributed by atoms with E-state index in [9.17, 15) is 27.9 Å². The summed E-state index contributed by atoms with van der Waals surface area (Å²) < 4.78 is 50.0. The number of carbonyl (C=O) groups excluding carboxylic acids is 2. The van der Waals surface area contributed by atoms with Gasteiger partial charge < -0.3 is 14.6 Å². The average Bonchev–Trinajstić information content (AvgIpc) is 3.14. The number of hydrogen-bond donors (Lipinski definition) is 1. The van der Waals surface area contributed by atoms with Crippen LogP contribution >= 0.6 is 0 Å². The molecule has 6 nitrogen and oxygen atoms in total. The summed E-state index contributed by atoms with van der Waals surface area (Å²) in [5.74, 6) is -1.36. The third-order valence-corrected chi connectivity index (χ3v) is 5.77. The smallest absolute Gasteiger partial charge is 0.416 e. The summed E-state index contributed by atoms with van der Waals surface area (Å²) in [7, 11) is 1.45. The summed E-state index contributed by atoms with van der Waals surface area (Å²) in [5.41, 5.74) is -0.311. The molecule has 1 heterocycles. The minimum absolute atomic E-state index is 0.0728. The Hall–Kier alpha value is -4.27. The SMILES string of the molecule is CCOc1ccc(/C(O)=C2\C(=O)C(=O)N(c3ccc(C(F)(F)F)cc3)C2c2cccc(OC)c2)cc1. The Morgan fingerprint density at radius 3 is 2.22 bits per heavy atom. The fourth-order valence-electron chi connectivity index (χ4n) is 4.07. The van der Waals surface area contributed by atoms with Gasteiger partial charge in [-0.25, -0.2) is 0 Å². The maximum Gasteiger partial charge on any atom is 0.416 e. The Bertz CT molecular complexity index is 1310. The van der Waals surface area contributed by atoms with Gasteiger partial charge in [0.15, 0.2) is 0 Å². The minimum atomic E-state index is -4.56. The predicted octanol–water partition coefficient (Wildman–Crippen LogP) is 5.74. The Balaban J connectivity index is 1.88. The van der Waals surface area contributed by atoms with Crippen LogP contribution in [0.15, 0.2) is 78.4 Å². The number of aliphatic hydroxyl groups is 1. The number of hydrogen-bond acceptors (Lipinski definition) is 5. The van der Waals surface area contributed by atoms with E-state index in [2.05, 4.69) is 0 Å². The van der Waals surface area contributed by atoms with Gasteiger partial charge in [0, 0.05) is 11.3 Å². The van der Waals surface area contributed by atoms with Crippen LogP contribution < -0.4 is 14.4 Å². The van der Waals surface area contributed by atoms with E-state index < -0.39 is 35.2 Å². The number of anilines is 1. The van der Waals surface area contributed by atoms with E-state index in [1.807, 2.05) is 6.92 Å². The van der Waals surface area contributed by atoms with Crippen molar-refractivity contribution in [1.82, 2.24) is 0 Å². The number of methoxy groups -OCH3 is 1. The summed E-state index contributed by atoms with van der Waals surface area (Å²) in [4.78, 5) is 27.4. The van der Waals surface area contributed by atoms with Crippen molar-refractivity contribution in [2.45, 2.75) is 19.1 Å². The van der Waals surface area contributed by atoms with Crippen molar-refractivity contribution >= 4 is 23.1 Å². The van der Waals surface area contributed by atoms with Crippen LogP contribution in [0.3, 0.4) is 0 Å². The molecule has 1 amide bonds. The van der Waals surface area contributed by atoms with Gasteiger partial charge in [-0.1, -0.05) is 12.1 Å². The molecule has 1 unspecified atom stereocenters. The Morgan fingerprint density at radius 1 is 0.972 bits per heavy atom. The first-order valence-corrected chi connectivity index (χ1v) is 11.0. The van der Waals surface area contributed by atoms with Crippen molar-refractivity contribution in [2.75, 3.05) is 18.6 Å². The third-order valence-electron chi connectivity index (χ3n) is 5.77. The number of carbonyl (C=O) groups is 2. The number of halogens is 3. The first-order chi connectivity index (χ1) is 17.2. The van der Waals surface area contributed by atoms with E-state index in [0.717, 1.165) is 29.2 Å². The monoisotopic (exact) mass is 497 g/mol. The molecule has 0 spiro atoms. The Kier molecular flexibility index (Phi) is 6.74. The molecule has 0 aliphatic carbocycles. The molecule has 0 aromatic heterocycles. The normalized spacial score (nSPS) is 17.4. The van der Waals surface area contributed by atoms with Gasteiger partial charge in [0.05, 0.1) is 30.9 Å². The number of nitrogens with zero attached hydrogens (tertiary/aromatic N) is 1. The molecule has 36 heavy (non-hydrogen) atoms. The molecule has 3 aromatic carbocycles. The number of benzene rings is 3. The van der Waals surface area contributed by atoms with E-state index in [0.29, 0.717) is 23.7 Å². The molecule has 9 heteroatoms. The van der Waals surface area contributed by atoms with E-state index >= 15 is 0 Å². The van der Waals surface area contributed by atoms with E-state index in [1.165, 1.54) is 7.11 Å². The summed E-state index contributed by atoms with van der Waals surface area (Å²) >= 11 is 0. The van der Waals surface area contributed by atoms with Gasteiger partial charge in [0.25, 0.3) is 11.7 Å². The molecule has 186 valence electrons. The zero-order valence-electron chi connectivity index (χ0n) is 19.4. The highest BCUT2D eigenvalue weighted by molar-refractivity contribution is 6.51. The van der Waals surface area contributed by atoms with Crippen molar-refractivity contribution in [1.29, 1.82) is 0 Å². The van der Waals surface area contributed by atoms with Gasteiger partial charge in [-0.15, -0.1) is 0 Å². The van der Waals surface area contributed by atoms with Gasteiger partial charge >= 0.3 is 6.18 Å². The largest absolute Gasteiger partial charge is 0.507 e. The van der Waals surface area contributed by atoms with E-state index in [1.54, 1.807) is 48.5 Å². The lowest BCUT2D eigenvalue weighted by Gasteiger charge is -2.26. The van der Waals surface area contributed by atoms with Gasteiger partial charge in [-0.3, -0.25) is 14.5 Å². The van der Waals surface area contributed by atoms with Crippen LogP contribution in [-0.2, 0) is 15.8 Å². The van der Waals surface area contributed by atoms with Crippen LogP contribution in [0.2, 0.25) is 0 Å². The first kappa shape index (κ1) is 24.8. The minimum Gasteiger partial charge on any atom is -0.507 e. The van der Waals surface area contributed by atoms with Crippen LogP contribution in [0.5, 0.6) is 11.5 Å². The molecule has 0 saturated carbocycles. The molecule has 1 aliphatic rings. The van der Waals surface area contributed by atoms with Crippen LogP contribution in [0.25, 0.3) is 5.76 Å². The highest BCUT2D eigenvalue weighted by atomic mass is 19.4. The van der Waals surface area contributed by atoms with Crippen molar-refractivity contribution in [3.8, 4) is 11.5 Å². The number of rotatable bonds is 6. The van der Waals surface area contributed by atoms with Gasteiger partial charge in [0.2, 0.25) is 0 Å². The maximum absolute atomic E-state index is 13.2. The zero-order valence-corrected chi connectivity index (χ0v) is 19.4. The number of ether oxygens (including phenoxy) is 2. The molecule has 0 bridgehead atoms. The highest BCUT2D eigenvalue weighted by Gasteiger charge is 2.47. The fraction of sp³-hybridized carbons (Fsp3) is 0.185. The number of Topliss-reactive ketones (excluding diaryl/α,β-unsaturated/α-hetero) is 1. The predicted molar refractivity (Wildman–Crippen MR) is 127 cm³/mol. The molecule has 1 fully saturated rings. The lowest BCUT2D eigenvalue weighted by atomic mass is 9.95. The second-order valence-corrected chi connectivity index (χ2v) is 7.95. The summed E-state index contributed by atoms with van der Waals surface area (Å²) in [6.45, 7) is 2.27. The first-order valence-electron chi connectivity index (χ1n) is 11.0. The van der Waals surface area contributed by atoms with Crippen LogP contribution in [0.4, 0.5) is 18.9 Å². The van der Waals surface area contributed by atoms with Gasteiger partial charge in [-0.05, 0) is 73.2 Å². The van der Waals surface area contributed by atoms with Crippen molar-refractivity contribution in [3.05, 3.63) is 95.1 Å². The van der Waals surface area contributed by atoms with E-state index in [4.69, 9.17) is 9.47 Å². The second-order valence-electron chi connectivity index (χ2n) is 7.95. The summed E-state index contributed by atoms with van der Waals surface area (Å²) in [6, 6.07) is 15.7. The molecule has 0 radical (unpaired) electrons. The number of amides is 1. The van der Waals surface area contributed by atoms with Crippen LogP contribution in [-0.4, -0.2) is 30.5 Å². The second kappa shape index (κ2) is 9.77. The molecular formula is C27H22F3NO5. The molecular weight excluding hydrogens is 475 g/mol. The molecule has 1 aliphatic heterocycles. The lowest BCUT2D eigenvalue weighted by molar-refractivity contribution is -0.137. The number of ketones is 1. The fourth-order valence-corrected chi connectivity index (χ4v) is 4.07. The summed E-state index contributed by atoms with van der Waals surface area (Å²) in [6.07, 6.45) is -4.56. The lowest BCUT2D eigenvalue weighted by Crippen LogP contribution is -2.29. The Morgan fingerprint density at radius 2 is 1.64 bits per heavy atom. The topological polar surface area (TPSA) is 76.1 Å². The zero-order chi connectivity index (χ0) is 26.0. The highest BCUT2D eigenvalue weighted by Crippen LogP contribution is 2.43. The van der Waals surface area contributed by atoms with Crippen molar-refractivity contribution in [3.63, 3.8) is 0 Å². The third kappa shape index (κ3) is 4.64. The molecule has 4 rings (SSSR count). The molecule has 1 N–H and O–H groups in total. The van der Waals surface area contributed by atoms with Crippen LogP contribution in [0, 0.1) is 0 Å². The van der Waals surface area contributed by atoms with Crippen LogP contribution in [0.1, 0.15) is 29.7 Å². The standard InChI is InChI=1S/C27H22F3NO5/c1-3-36-20-13-7-16(8-14-20)24(32)22-23(17-5-4-6-21(15-17)35-2)31(26(34)25(22)33)19-11-9-18(10-12-19)27(28,29)30/h4-15,23,32H,3H2,1-2H3/b24-22+. The summed E-state index contributed by atoms with van der Waals surface area (Å²) in [5, 5.41) is 11.2. The quantitative estimate of drug-likeness (QED) is 0.267. The van der Waals surface area contributed by atoms with E-state index in [-0.39, 0.29) is 16.8 Å².